The van der Waals surface area contributed by atoms with Gasteiger partial charge in [-0.3, -0.25) is 9.59 Å². The highest BCUT2D eigenvalue weighted by Crippen LogP contribution is 2.68. The van der Waals surface area contributed by atoms with Gasteiger partial charge in [0.2, 0.25) is 0 Å². The Labute approximate surface area is 375 Å². The highest BCUT2D eigenvalue weighted by molar-refractivity contribution is 5.92. The number of methoxy groups -OCH3 is 2. The van der Waals surface area contributed by atoms with E-state index in [-0.39, 0.29) is 53.5 Å². The quantitative estimate of drug-likeness (QED) is 0.166. The third kappa shape index (κ3) is 8.88. The van der Waals surface area contributed by atoms with Gasteiger partial charge < -0.3 is 63.4 Å². The van der Waals surface area contributed by atoms with Crippen molar-refractivity contribution < 1.29 is 77.8 Å². The second-order valence-electron chi connectivity index (χ2n) is 20.1. The van der Waals surface area contributed by atoms with Crippen LogP contribution in [0.1, 0.15) is 110 Å². The predicted octanol–water partition coefficient (Wildman–Crippen LogP) is 4.00. The van der Waals surface area contributed by atoms with Crippen LogP contribution in [0.15, 0.2) is 35.6 Å². The van der Waals surface area contributed by atoms with Gasteiger partial charge >= 0.3 is 11.9 Å². The Kier molecular flexibility index (Phi) is 14.6. The third-order valence-electron chi connectivity index (χ3n) is 16.0. The van der Waals surface area contributed by atoms with E-state index in [1.807, 2.05) is 13.8 Å². The fourth-order valence-electron chi connectivity index (χ4n) is 12.4. The first-order valence-corrected chi connectivity index (χ1v) is 23.1. The molecule has 7 rings (SSSR count). The number of hydrogen-bond acceptors (Lipinski definition) is 16. The lowest BCUT2D eigenvalue weighted by molar-refractivity contribution is -0.342. The fourth-order valence-corrected chi connectivity index (χ4v) is 12.4. The summed E-state index contributed by atoms with van der Waals surface area (Å²) in [5.41, 5.74) is -1.51. The number of carbonyl (C=O) groups is 3. The molecule has 6 aliphatic rings. The minimum atomic E-state index is -1.81. The molecule has 2 heterocycles. The molecule has 17 atom stereocenters. The van der Waals surface area contributed by atoms with Gasteiger partial charge in [0.15, 0.2) is 30.6 Å². The summed E-state index contributed by atoms with van der Waals surface area (Å²) in [5, 5.41) is 56.8. The second kappa shape index (κ2) is 19.2. The van der Waals surface area contributed by atoms with Gasteiger partial charge in [-0.15, -0.1) is 0 Å². The lowest BCUT2D eigenvalue weighted by atomic mass is 9.46. The number of rotatable bonds is 14. The summed E-state index contributed by atoms with van der Waals surface area (Å²) in [6, 6.07) is 6.04. The van der Waals surface area contributed by atoms with Crippen molar-refractivity contribution in [3.63, 3.8) is 0 Å². The molecule has 1 aromatic rings. The van der Waals surface area contributed by atoms with Crippen LogP contribution in [0.2, 0.25) is 0 Å². The van der Waals surface area contributed by atoms with Crippen molar-refractivity contribution in [2.24, 2.45) is 40.4 Å². The summed E-state index contributed by atoms with van der Waals surface area (Å²) in [5.74, 6) is -0.827. The first-order valence-electron chi connectivity index (χ1n) is 23.1. The smallest absolute Gasteiger partial charge is 0.338 e. The van der Waals surface area contributed by atoms with Crippen molar-refractivity contribution in [3.05, 3.63) is 41.2 Å². The maximum atomic E-state index is 14.6. The summed E-state index contributed by atoms with van der Waals surface area (Å²) >= 11 is 0. The number of ketones is 1. The largest absolute Gasteiger partial charge is 0.501 e. The number of ether oxygens (including phenoxy) is 8. The molecule has 358 valence electrons. The van der Waals surface area contributed by atoms with Crippen LogP contribution in [-0.4, -0.2) is 138 Å². The molecule has 2 aliphatic heterocycles. The van der Waals surface area contributed by atoms with Gasteiger partial charge in [0.1, 0.15) is 35.8 Å². The Morgan fingerprint density at radius 3 is 2.16 bits per heavy atom. The lowest BCUT2D eigenvalue weighted by Gasteiger charge is -2.60. The van der Waals surface area contributed by atoms with Crippen LogP contribution in [0.25, 0.3) is 0 Å². The molecular formula is C48H70O16. The number of aliphatic hydroxyl groups excluding tert-OH is 4. The van der Waals surface area contributed by atoms with E-state index in [1.165, 1.54) is 31.7 Å². The molecule has 2 saturated heterocycles. The Bertz CT molecular complexity index is 1870. The highest BCUT2D eigenvalue weighted by Gasteiger charge is 2.70. The van der Waals surface area contributed by atoms with Crippen LogP contribution in [0, 0.1) is 40.4 Å². The molecule has 0 radical (unpaired) electrons. The Balaban J connectivity index is 1.15. The molecular weight excluding hydrogens is 833 g/mol. The summed E-state index contributed by atoms with van der Waals surface area (Å²) < 4.78 is 47.6. The third-order valence-corrected chi connectivity index (χ3v) is 16.0. The van der Waals surface area contributed by atoms with Crippen molar-refractivity contribution >= 4 is 17.7 Å². The molecule has 64 heavy (non-hydrogen) atoms. The average molecular weight is 903 g/mol. The van der Waals surface area contributed by atoms with E-state index in [0.717, 1.165) is 18.6 Å². The molecule has 16 heteroatoms. The number of benzene rings is 1. The van der Waals surface area contributed by atoms with Crippen molar-refractivity contribution in [1.29, 1.82) is 0 Å². The summed E-state index contributed by atoms with van der Waals surface area (Å²) in [7, 11) is 3.16. The maximum Gasteiger partial charge on any atom is 0.338 e. The van der Waals surface area contributed by atoms with Crippen molar-refractivity contribution in [3.8, 4) is 5.75 Å². The van der Waals surface area contributed by atoms with E-state index >= 15 is 0 Å². The zero-order valence-corrected chi connectivity index (χ0v) is 38.5. The van der Waals surface area contributed by atoms with E-state index in [9.17, 15) is 39.9 Å². The van der Waals surface area contributed by atoms with Gasteiger partial charge in [0, 0.05) is 31.1 Å². The van der Waals surface area contributed by atoms with Gasteiger partial charge in [-0.1, -0.05) is 34.6 Å². The van der Waals surface area contributed by atoms with Crippen LogP contribution in [0.3, 0.4) is 0 Å². The van der Waals surface area contributed by atoms with Crippen LogP contribution < -0.4 is 4.74 Å². The van der Waals surface area contributed by atoms with Gasteiger partial charge in [0.25, 0.3) is 0 Å². The lowest BCUT2D eigenvalue weighted by Crippen LogP contribution is -2.63. The molecule has 0 spiro atoms. The number of carbonyl (C=O) groups excluding carboxylic acids is 3. The van der Waals surface area contributed by atoms with E-state index in [1.54, 1.807) is 19.2 Å². The Morgan fingerprint density at radius 2 is 1.50 bits per heavy atom. The van der Waals surface area contributed by atoms with Gasteiger partial charge in [-0.25, -0.2) is 4.79 Å². The first-order chi connectivity index (χ1) is 30.3. The van der Waals surface area contributed by atoms with Crippen LogP contribution in [0.5, 0.6) is 5.75 Å². The van der Waals surface area contributed by atoms with Crippen molar-refractivity contribution in [2.75, 3.05) is 27.4 Å². The molecule has 16 nitrogen and oxygen atoms in total. The molecule has 4 aliphatic carbocycles. The Morgan fingerprint density at radius 1 is 0.812 bits per heavy atom. The van der Waals surface area contributed by atoms with E-state index < -0.39 is 96.9 Å². The number of Topliss-reactive ketones (excluding diaryl/α,β-unsaturated/α-hetero) is 1. The molecule has 1 aromatic carbocycles. The normalized spacial score (nSPS) is 40.8. The summed E-state index contributed by atoms with van der Waals surface area (Å²) in [6.45, 7) is 10.7. The van der Waals surface area contributed by atoms with E-state index in [2.05, 4.69) is 20.8 Å². The topological polar surface area (TPSA) is 226 Å². The zero-order chi connectivity index (χ0) is 46.5. The zero-order valence-electron chi connectivity index (χ0n) is 38.5. The molecule has 0 unspecified atom stereocenters. The van der Waals surface area contributed by atoms with Crippen LogP contribution >= 0.6 is 0 Å². The predicted molar refractivity (Wildman–Crippen MR) is 227 cm³/mol. The molecule has 5 N–H and O–H groups in total. The monoisotopic (exact) mass is 902 g/mol. The fraction of sp³-hybridized carbons (Fsp3) is 0.771. The first kappa shape index (κ1) is 48.7. The van der Waals surface area contributed by atoms with Crippen LogP contribution in [-0.2, 0) is 42.7 Å². The second-order valence-corrected chi connectivity index (χ2v) is 20.1. The number of allylic oxidation sites excluding steroid dienone is 1. The van der Waals surface area contributed by atoms with Gasteiger partial charge in [-0.2, -0.15) is 0 Å². The standard InChI is InChI=1S/C48H70O16/c1-24(2)9-14-36(25(3)48(56)38(53)21-32-30-20-37(58-8)33-19-28(50)15-17-46(33,5)31(30)16-18-47(32,48)6)62-45-42(61-26(4)49)40(35(52)23-60-45)64-44-41(39(54)34(51)22-59-44)63-43(55)27-10-12-29(57-7)13-11-27/h10-13,24-25,28,30-32,34-36,39-42,44-45,50-52,54,56H,9,14-23H2,1-8H3/t25-,28+,30-,31+,32+,34-,35+,36+,39+,40+,41-,42-,44+,45+,46-,47+,48-/m1/s1. The summed E-state index contributed by atoms with van der Waals surface area (Å²) in [6.07, 6.45) is -7.73. The van der Waals surface area contributed by atoms with Gasteiger partial charge in [-0.05, 0) is 104 Å². The Hall–Kier alpha value is -3.19. The number of aliphatic hydroxyl groups is 5. The van der Waals surface area contributed by atoms with E-state index in [0.29, 0.717) is 44.3 Å². The molecule has 0 bridgehead atoms. The van der Waals surface area contributed by atoms with E-state index in [4.69, 9.17) is 37.9 Å². The summed E-state index contributed by atoms with van der Waals surface area (Å²) in [4.78, 5) is 40.7. The number of esters is 2. The minimum Gasteiger partial charge on any atom is -0.501 e. The highest BCUT2D eigenvalue weighted by atomic mass is 16.7. The molecule has 0 amide bonds. The van der Waals surface area contributed by atoms with Crippen LogP contribution in [0.4, 0.5) is 0 Å². The van der Waals surface area contributed by atoms with Crippen molar-refractivity contribution in [2.45, 2.75) is 166 Å². The minimum absolute atomic E-state index is 0.0771. The number of fused-ring (bicyclic) bond motifs is 5. The average Bonchev–Trinajstić information content (AvgIpc) is 3.47. The molecule has 5 fully saturated rings. The SMILES string of the molecule is COC1=C2C[C@@H](O)CC[C@]2(C)[C@H]2CC[C@@]3(C)[C@@H](CC(=O)[C@]3(O)[C@H](C)[C@H](CCC(C)C)O[C@@H]3OC[C@H](O)[C@H](O[C@@H]4OC[C@@H](O)[C@H](O)[C@H]4OC(=O)c4ccc(OC)cc4)[C@H]3OC(C)=O)[C@@H]2C1. The van der Waals surface area contributed by atoms with Crippen molar-refractivity contribution in [1.82, 2.24) is 0 Å². The number of hydrogen-bond donors (Lipinski definition) is 5. The van der Waals surface area contributed by atoms with Gasteiger partial charge in [0.05, 0.1) is 51.0 Å². The molecule has 3 saturated carbocycles. The molecule has 0 aromatic heterocycles. The maximum absolute atomic E-state index is 14.6.